The lowest BCUT2D eigenvalue weighted by atomic mass is 10.0. The van der Waals surface area contributed by atoms with Gasteiger partial charge < -0.3 is 10.1 Å². The van der Waals surface area contributed by atoms with Gasteiger partial charge in [0.2, 0.25) is 0 Å². The molecular formula is C14H18F3NO3S. The first-order valence-electron chi connectivity index (χ1n) is 6.87. The van der Waals surface area contributed by atoms with Crippen molar-refractivity contribution >= 4 is 9.84 Å². The lowest BCUT2D eigenvalue weighted by Crippen LogP contribution is -2.35. The molecule has 0 bridgehead atoms. The van der Waals surface area contributed by atoms with Crippen molar-refractivity contribution < 1.29 is 26.3 Å². The Bertz CT molecular complexity index is 593. The second kappa shape index (κ2) is 6.45. The normalized spacial score (nSPS) is 20.8. The Hall–Kier alpha value is -1.28. The quantitative estimate of drug-likeness (QED) is 0.894. The average Bonchev–Trinajstić information content (AvgIpc) is 2.89. The fraction of sp³-hybridized carbons (Fsp3) is 0.571. The van der Waals surface area contributed by atoms with Crippen molar-refractivity contribution in [1.82, 2.24) is 5.32 Å². The van der Waals surface area contributed by atoms with Gasteiger partial charge in [-0.15, -0.1) is 0 Å². The van der Waals surface area contributed by atoms with Crippen molar-refractivity contribution in [3.63, 3.8) is 0 Å². The van der Waals surface area contributed by atoms with Gasteiger partial charge in [-0.05, 0) is 37.2 Å². The van der Waals surface area contributed by atoms with E-state index in [9.17, 15) is 21.6 Å². The van der Waals surface area contributed by atoms with Gasteiger partial charge in [-0.1, -0.05) is 0 Å². The number of sulfone groups is 1. The first-order chi connectivity index (χ1) is 10.1. The van der Waals surface area contributed by atoms with Crippen molar-refractivity contribution in [2.45, 2.75) is 18.7 Å². The Morgan fingerprint density at radius 1 is 1.32 bits per heavy atom. The van der Waals surface area contributed by atoms with Crippen LogP contribution in [0.4, 0.5) is 13.2 Å². The number of ether oxygens (including phenoxy) is 1. The van der Waals surface area contributed by atoms with E-state index in [4.69, 9.17) is 4.74 Å². The van der Waals surface area contributed by atoms with Gasteiger partial charge in [-0.2, -0.15) is 13.2 Å². The summed E-state index contributed by atoms with van der Waals surface area (Å²) in [6.07, 6.45) is -3.07. The summed E-state index contributed by atoms with van der Waals surface area (Å²) in [6, 6.07) is 4.31. The van der Waals surface area contributed by atoms with Crippen LogP contribution in [-0.2, 0) is 16.0 Å². The molecule has 1 fully saturated rings. The zero-order valence-electron chi connectivity index (χ0n) is 12.1. The fourth-order valence-corrected chi connectivity index (χ4v) is 3.39. The van der Waals surface area contributed by atoms with Crippen molar-refractivity contribution in [2.75, 3.05) is 25.1 Å². The molecule has 22 heavy (non-hydrogen) atoms. The molecule has 1 aliphatic rings. The Balaban J connectivity index is 2.12. The standard InChI is InChI=1S/C14H18F3NO3S/c1-22(19,20)9-13(10-6-7-18-8-10)21-12-4-2-11(3-5-12)14(15,16)17/h2-5,10,13,18H,6-9H2,1H3/t10?,13-/m0/s1. The first-order valence-corrected chi connectivity index (χ1v) is 8.93. The van der Waals surface area contributed by atoms with E-state index in [-0.39, 0.29) is 17.4 Å². The maximum Gasteiger partial charge on any atom is 0.416 e. The number of halogens is 3. The molecule has 1 aromatic carbocycles. The van der Waals surface area contributed by atoms with Crippen LogP contribution in [0.1, 0.15) is 12.0 Å². The van der Waals surface area contributed by atoms with Gasteiger partial charge in [0.15, 0.2) is 9.84 Å². The fourth-order valence-electron chi connectivity index (χ4n) is 2.46. The number of hydrogen-bond acceptors (Lipinski definition) is 4. The number of rotatable bonds is 5. The second-order valence-corrected chi connectivity index (χ2v) is 7.71. The lowest BCUT2D eigenvalue weighted by molar-refractivity contribution is -0.137. The van der Waals surface area contributed by atoms with Crippen molar-refractivity contribution in [1.29, 1.82) is 0 Å². The smallest absolute Gasteiger partial charge is 0.416 e. The zero-order valence-corrected chi connectivity index (χ0v) is 12.9. The Labute approximate surface area is 127 Å². The van der Waals surface area contributed by atoms with E-state index in [1.54, 1.807) is 0 Å². The second-order valence-electron chi connectivity index (χ2n) is 5.52. The topological polar surface area (TPSA) is 55.4 Å². The van der Waals surface area contributed by atoms with Crippen LogP contribution in [0.15, 0.2) is 24.3 Å². The van der Waals surface area contributed by atoms with E-state index in [1.807, 2.05) is 0 Å². The molecule has 0 radical (unpaired) electrons. The third-order valence-electron chi connectivity index (χ3n) is 3.56. The van der Waals surface area contributed by atoms with Crippen LogP contribution in [0.5, 0.6) is 5.75 Å². The summed E-state index contributed by atoms with van der Waals surface area (Å²) in [5, 5.41) is 3.13. The van der Waals surface area contributed by atoms with Crippen LogP contribution < -0.4 is 10.1 Å². The molecule has 1 aliphatic heterocycles. The van der Waals surface area contributed by atoms with Gasteiger partial charge >= 0.3 is 6.18 Å². The summed E-state index contributed by atoms with van der Waals surface area (Å²) >= 11 is 0. The lowest BCUT2D eigenvalue weighted by Gasteiger charge is -2.24. The van der Waals surface area contributed by atoms with Gasteiger partial charge in [-0.25, -0.2) is 8.42 Å². The van der Waals surface area contributed by atoms with Crippen molar-refractivity contribution in [3.8, 4) is 5.75 Å². The minimum absolute atomic E-state index is 0.0250. The molecule has 0 aromatic heterocycles. The van der Waals surface area contributed by atoms with Crippen LogP contribution in [0.3, 0.4) is 0 Å². The van der Waals surface area contributed by atoms with Gasteiger partial charge in [0.1, 0.15) is 11.9 Å². The van der Waals surface area contributed by atoms with Gasteiger partial charge in [-0.3, -0.25) is 0 Å². The number of nitrogens with one attached hydrogen (secondary N) is 1. The van der Waals surface area contributed by atoms with Crippen molar-refractivity contribution in [2.24, 2.45) is 5.92 Å². The molecule has 2 atom stereocenters. The molecule has 0 aliphatic carbocycles. The van der Waals surface area contributed by atoms with E-state index >= 15 is 0 Å². The number of hydrogen-bond donors (Lipinski definition) is 1. The predicted molar refractivity (Wildman–Crippen MR) is 76.5 cm³/mol. The maximum absolute atomic E-state index is 12.5. The molecule has 2 rings (SSSR count). The molecule has 0 spiro atoms. The average molecular weight is 337 g/mol. The molecule has 1 unspecified atom stereocenters. The summed E-state index contributed by atoms with van der Waals surface area (Å²) in [4.78, 5) is 0. The maximum atomic E-state index is 12.5. The van der Waals surface area contributed by atoms with E-state index < -0.39 is 27.7 Å². The van der Waals surface area contributed by atoms with Crippen LogP contribution in [0, 0.1) is 5.92 Å². The molecule has 8 heteroatoms. The molecule has 124 valence electrons. The Morgan fingerprint density at radius 3 is 2.41 bits per heavy atom. The number of alkyl halides is 3. The third-order valence-corrected chi connectivity index (χ3v) is 4.49. The van der Waals surface area contributed by atoms with Crippen molar-refractivity contribution in [3.05, 3.63) is 29.8 Å². The molecule has 1 saturated heterocycles. The highest BCUT2D eigenvalue weighted by atomic mass is 32.2. The summed E-state index contributed by atoms with van der Waals surface area (Å²) in [5.74, 6) is 0.117. The van der Waals surface area contributed by atoms with Gasteiger partial charge in [0.05, 0.1) is 11.3 Å². The molecule has 1 N–H and O–H groups in total. The summed E-state index contributed by atoms with van der Waals surface area (Å²) in [7, 11) is -3.25. The zero-order chi connectivity index (χ0) is 16.4. The highest BCUT2D eigenvalue weighted by Gasteiger charge is 2.31. The Morgan fingerprint density at radius 2 is 1.95 bits per heavy atom. The minimum atomic E-state index is -4.40. The summed E-state index contributed by atoms with van der Waals surface area (Å²) in [5.41, 5.74) is -0.762. The van der Waals surface area contributed by atoms with E-state index in [1.165, 1.54) is 12.1 Å². The summed E-state index contributed by atoms with van der Waals surface area (Å²) < 4.78 is 66.3. The highest BCUT2D eigenvalue weighted by Crippen LogP contribution is 2.31. The van der Waals surface area contributed by atoms with Gasteiger partial charge in [0, 0.05) is 18.7 Å². The molecule has 1 aromatic rings. The third kappa shape index (κ3) is 4.88. The van der Waals surface area contributed by atoms with E-state index in [0.717, 1.165) is 31.4 Å². The van der Waals surface area contributed by atoms with Crippen LogP contribution in [-0.4, -0.2) is 39.6 Å². The SMILES string of the molecule is CS(=O)(=O)C[C@H](Oc1ccc(C(F)(F)F)cc1)C1CCNC1. The Kier molecular flexibility index (Phi) is 5.01. The van der Waals surface area contributed by atoms with Gasteiger partial charge in [0.25, 0.3) is 0 Å². The first kappa shape index (κ1) is 17.1. The number of benzene rings is 1. The van der Waals surface area contributed by atoms with E-state index in [0.29, 0.717) is 6.54 Å². The molecule has 0 saturated carbocycles. The molecule has 0 amide bonds. The molecule has 1 heterocycles. The van der Waals surface area contributed by atoms with Crippen LogP contribution in [0.25, 0.3) is 0 Å². The van der Waals surface area contributed by atoms with E-state index in [2.05, 4.69) is 5.32 Å². The molecule has 4 nitrogen and oxygen atoms in total. The molecular weight excluding hydrogens is 319 g/mol. The predicted octanol–water partition coefficient (Wildman–Crippen LogP) is 2.11. The van der Waals surface area contributed by atoms with Crippen LogP contribution >= 0.6 is 0 Å². The summed E-state index contributed by atoms with van der Waals surface area (Å²) in [6.45, 7) is 1.42. The monoisotopic (exact) mass is 337 g/mol. The minimum Gasteiger partial charge on any atom is -0.489 e. The highest BCUT2D eigenvalue weighted by molar-refractivity contribution is 7.90. The largest absolute Gasteiger partial charge is 0.489 e. The van der Waals surface area contributed by atoms with Crippen LogP contribution in [0.2, 0.25) is 0 Å².